The molecule has 0 aliphatic heterocycles. The largest absolute Gasteiger partial charge is 0.292 e. The number of hydrogen-bond donors (Lipinski definition) is 0. The van der Waals surface area contributed by atoms with Crippen molar-refractivity contribution in [3.63, 3.8) is 0 Å². The summed E-state index contributed by atoms with van der Waals surface area (Å²) in [5.41, 5.74) is -0.100. The van der Waals surface area contributed by atoms with E-state index in [4.69, 9.17) is 11.6 Å². The predicted octanol–water partition coefficient (Wildman–Crippen LogP) is 2.60. The quantitative estimate of drug-likeness (QED) is 0.587. The van der Waals surface area contributed by atoms with Crippen LogP contribution in [-0.4, -0.2) is 9.55 Å². The zero-order valence-corrected chi connectivity index (χ0v) is 9.95. The molecule has 0 radical (unpaired) electrons. The number of aromatic nitrogens is 2. The molecule has 1 heterocycles. The SMILES string of the molecule is C/C=C/Cn1c(C(C)C)nc(Cl)cc1=O. The van der Waals surface area contributed by atoms with Crippen LogP contribution < -0.4 is 5.56 Å². The second kappa shape index (κ2) is 5.12. The Morgan fingerprint density at radius 3 is 2.80 bits per heavy atom. The molecule has 0 atom stereocenters. The van der Waals surface area contributed by atoms with Crippen molar-refractivity contribution >= 4 is 11.6 Å². The van der Waals surface area contributed by atoms with E-state index in [9.17, 15) is 4.79 Å². The molecule has 0 fully saturated rings. The van der Waals surface area contributed by atoms with Gasteiger partial charge in [-0.1, -0.05) is 37.6 Å². The van der Waals surface area contributed by atoms with Crippen molar-refractivity contribution in [1.82, 2.24) is 9.55 Å². The minimum atomic E-state index is -0.100. The Kier molecular flexibility index (Phi) is 4.09. The Bertz CT molecular complexity index is 421. The van der Waals surface area contributed by atoms with Crippen LogP contribution in [0, 0.1) is 0 Å². The van der Waals surface area contributed by atoms with E-state index in [2.05, 4.69) is 4.98 Å². The lowest BCUT2D eigenvalue weighted by Gasteiger charge is -2.12. The Morgan fingerprint density at radius 2 is 2.27 bits per heavy atom. The van der Waals surface area contributed by atoms with Gasteiger partial charge in [-0.3, -0.25) is 9.36 Å². The average Bonchev–Trinajstić information content (AvgIpc) is 2.15. The molecule has 0 aromatic carbocycles. The van der Waals surface area contributed by atoms with Crippen molar-refractivity contribution in [3.8, 4) is 0 Å². The molecule has 0 aliphatic rings. The molecule has 1 aromatic heterocycles. The first-order chi connectivity index (χ1) is 7.06. The molecular weight excluding hydrogens is 212 g/mol. The lowest BCUT2D eigenvalue weighted by molar-refractivity contribution is 0.632. The van der Waals surface area contributed by atoms with Crippen molar-refractivity contribution in [1.29, 1.82) is 0 Å². The lowest BCUT2D eigenvalue weighted by Crippen LogP contribution is -2.24. The minimum absolute atomic E-state index is 0.100. The van der Waals surface area contributed by atoms with E-state index in [-0.39, 0.29) is 16.6 Å². The van der Waals surface area contributed by atoms with Crippen molar-refractivity contribution in [2.24, 2.45) is 0 Å². The second-order valence-corrected chi connectivity index (χ2v) is 4.00. The third kappa shape index (κ3) is 2.93. The van der Waals surface area contributed by atoms with Gasteiger partial charge in [0.05, 0.1) is 0 Å². The fraction of sp³-hybridized carbons (Fsp3) is 0.455. The van der Waals surface area contributed by atoms with Gasteiger partial charge in [-0.2, -0.15) is 0 Å². The van der Waals surface area contributed by atoms with Crippen LogP contribution in [0.15, 0.2) is 23.0 Å². The third-order valence-corrected chi connectivity index (χ3v) is 2.24. The zero-order valence-electron chi connectivity index (χ0n) is 9.20. The Balaban J connectivity index is 3.27. The van der Waals surface area contributed by atoms with E-state index in [0.717, 1.165) is 5.82 Å². The fourth-order valence-corrected chi connectivity index (χ4v) is 1.51. The van der Waals surface area contributed by atoms with E-state index in [1.54, 1.807) is 4.57 Å². The van der Waals surface area contributed by atoms with Crippen LogP contribution in [0.2, 0.25) is 5.15 Å². The summed E-state index contributed by atoms with van der Waals surface area (Å²) in [7, 11) is 0. The average molecular weight is 227 g/mol. The molecule has 1 rings (SSSR count). The molecule has 0 saturated carbocycles. The normalized spacial score (nSPS) is 11.5. The van der Waals surface area contributed by atoms with Gasteiger partial charge in [-0.15, -0.1) is 0 Å². The number of allylic oxidation sites excluding steroid dienone is 2. The molecule has 15 heavy (non-hydrogen) atoms. The maximum absolute atomic E-state index is 11.7. The van der Waals surface area contributed by atoms with Crippen LogP contribution in [0.3, 0.4) is 0 Å². The second-order valence-electron chi connectivity index (χ2n) is 3.61. The van der Waals surface area contributed by atoms with Crippen molar-refractivity contribution in [3.05, 3.63) is 39.5 Å². The summed E-state index contributed by atoms with van der Waals surface area (Å²) in [6, 6.07) is 1.34. The van der Waals surface area contributed by atoms with Gasteiger partial charge in [0.25, 0.3) is 5.56 Å². The highest BCUT2D eigenvalue weighted by Crippen LogP contribution is 2.12. The van der Waals surface area contributed by atoms with E-state index < -0.39 is 0 Å². The van der Waals surface area contributed by atoms with Crippen LogP contribution in [0.4, 0.5) is 0 Å². The first-order valence-electron chi connectivity index (χ1n) is 4.94. The predicted molar refractivity (Wildman–Crippen MR) is 62.4 cm³/mol. The molecule has 1 aromatic rings. The maximum atomic E-state index is 11.7. The van der Waals surface area contributed by atoms with Crippen molar-refractivity contribution in [2.75, 3.05) is 0 Å². The van der Waals surface area contributed by atoms with Gasteiger partial charge in [0.1, 0.15) is 11.0 Å². The number of hydrogen-bond acceptors (Lipinski definition) is 2. The summed E-state index contributed by atoms with van der Waals surface area (Å²) in [6.45, 7) is 6.45. The summed E-state index contributed by atoms with van der Waals surface area (Å²) in [6.07, 6.45) is 3.83. The van der Waals surface area contributed by atoms with Gasteiger partial charge >= 0.3 is 0 Å². The third-order valence-electron chi connectivity index (χ3n) is 2.05. The molecule has 0 spiro atoms. The molecule has 0 amide bonds. The molecule has 3 nitrogen and oxygen atoms in total. The molecule has 4 heteroatoms. The van der Waals surface area contributed by atoms with Crippen LogP contribution in [0.5, 0.6) is 0 Å². The number of rotatable bonds is 3. The number of halogens is 1. The molecule has 0 unspecified atom stereocenters. The Hall–Kier alpha value is -1.09. The van der Waals surface area contributed by atoms with E-state index in [1.165, 1.54) is 6.07 Å². The van der Waals surface area contributed by atoms with Crippen molar-refractivity contribution < 1.29 is 0 Å². The molecule has 0 aliphatic carbocycles. The Labute approximate surface area is 94.4 Å². The monoisotopic (exact) mass is 226 g/mol. The molecule has 0 saturated heterocycles. The highest BCUT2D eigenvalue weighted by atomic mass is 35.5. The standard InChI is InChI=1S/C11H15ClN2O/c1-4-5-6-14-10(15)7-9(12)13-11(14)8(2)3/h4-5,7-8H,6H2,1-3H3/b5-4+. The summed E-state index contributed by atoms with van der Waals surface area (Å²) < 4.78 is 1.64. The van der Waals surface area contributed by atoms with Crippen LogP contribution in [0.25, 0.3) is 0 Å². The fourth-order valence-electron chi connectivity index (χ4n) is 1.33. The van der Waals surface area contributed by atoms with Gasteiger partial charge in [0.2, 0.25) is 0 Å². The summed E-state index contributed by atoms with van der Waals surface area (Å²) >= 11 is 5.76. The van der Waals surface area contributed by atoms with Crippen LogP contribution >= 0.6 is 11.6 Å². The highest BCUT2D eigenvalue weighted by molar-refractivity contribution is 6.29. The zero-order chi connectivity index (χ0) is 11.4. The van der Waals surface area contributed by atoms with Gasteiger partial charge in [-0.25, -0.2) is 4.98 Å². The van der Waals surface area contributed by atoms with E-state index in [1.807, 2.05) is 32.9 Å². The smallest absolute Gasteiger partial charge is 0.255 e. The topological polar surface area (TPSA) is 34.9 Å². The minimum Gasteiger partial charge on any atom is -0.292 e. The lowest BCUT2D eigenvalue weighted by atomic mass is 10.2. The van der Waals surface area contributed by atoms with E-state index >= 15 is 0 Å². The Morgan fingerprint density at radius 1 is 1.60 bits per heavy atom. The van der Waals surface area contributed by atoms with Crippen LogP contribution in [-0.2, 0) is 6.54 Å². The first-order valence-corrected chi connectivity index (χ1v) is 5.32. The molecular formula is C11H15ClN2O. The van der Waals surface area contributed by atoms with Gasteiger partial charge in [0.15, 0.2) is 0 Å². The summed E-state index contributed by atoms with van der Waals surface area (Å²) in [5, 5.41) is 0.264. The molecule has 0 bridgehead atoms. The molecule has 82 valence electrons. The first kappa shape index (κ1) is 12.0. The number of nitrogens with zero attached hydrogens (tertiary/aromatic N) is 2. The van der Waals surface area contributed by atoms with Crippen LogP contribution in [0.1, 0.15) is 32.5 Å². The highest BCUT2D eigenvalue weighted by Gasteiger charge is 2.09. The molecule has 0 N–H and O–H groups in total. The van der Waals surface area contributed by atoms with Gasteiger partial charge in [0, 0.05) is 18.5 Å². The van der Waals surface area contributed by atoms with Gasteiger partial charge in [-0.05, 0) is 6.92 Å². The maximum Gasteiger partial charge on any atom is 0.255 e. The summed E-state index contributed by atoms with van der Waals surface area (Å²) in [5.74, 6) is 0.909. The van der Waals surface area contributed by atoms with Gasteiger partial charge < -0.3 is 0 Å². The van der Waals surface area contributed by atoms with Crippen molar-refractivity contribution in [2.45, 2.75) is 33.2 Å². The van der Waals surface area contributed by atoms with E-state index in [0.29, 0.717) is 6.54 Å². The summed E-state index contributed by atoms with van der Waals surface area (Å²) in [4.78, 5) is 15.9.